The summed E-state index contributed by atoms with van der Waals surface area (Å²) in [6.45, 7) is 1.53. The van der Waals surface area contributed by atoms with Gasteiger partial charge >= 0.3 is 6.18 Å². The van der Waals surface area contributed by atoms with Crippen LogP contribution in [0, 0.1) is 0 Å². The molecule has 28 heavy (non-hydrogen) atoms. The molecule has 0 aliphatic heterocycles. The molecule has 146 valence electrons. The summed E-state index contributed by atoms with van der Waals surface area (Å²) < 4.78 is 66.0. The van der Waals surface area contributed by atoms with Crippen LogP contribution in [0.15, 0.2) is 35.5 Å². The highest BCUT2D eigenvalue weighted by atomic mass is 32.2. The Labute approximate surface area is 161 Å². The lowest BCUT2D eigenvalue weighted by Gasteiger charge is -2.05. The van der Waals surface area contributed by atoms with Crippen molar-refractivity contribution < 1.29 is 21.6 Å². The van der Waals surface area contributed by atoms with Gasteiger partial charge in [0.15, 0.2) is 21.3 Å². The summed E-state index contributed by atoms with van der Waals surface area (Å²) in [6, 6.07) is 4.21. The van der Waals surface area contributed by atoms with Gasteiger partial charge in [0.2, 0.25) is 0 Å². The number of rotatable bonds is 3. The lowest BCUT2D eigenvalue weighted by Crippen LogP contribution is -2.06. The lowest BCUT2D eigenvalue weighted by molar-refractivity contribution is -0.137. The van der Waals surface area contributed by atoms with E-state index >= 15 is 0 Å². The minimum atomic E-state index is -4.54. The van der Waals surface area contributed by atoms with Crippen molar-refractivity contribution in [2.75, 3.05) is 5.75 Å². The largest absolute Gasteiger partial charge is 0.417 e. The molecule has 4 rings (SSSR count). The maximum Gasteiger partial charge on any atom is 0.417 e. The summed E-state index contributed by atoms with van der Waals surface area (Å²) >= 11 is 1.13. The summed E-state index contributed by atoms with van der Waals surface area (Å²) in [6.07, 6.45) is -2.25. The van der Waals surface area contributed by atoms with Gasteiger partial charge < -0.3 is 4.57 Å². The van der Waals surface area contributed by atoms with Crippen molar-refractivity contribution in [1.82, 2.24) is 19.5 Å². The second-order valence-electron chi connectivity index (χ2n) is 6.08. The number of nitrogens with zero attached hydrogens (tertiary/aromatic N) is 4. The van der Waals surface area contributed by atoms with Gasteiger partial charge in [-0.3, -0.25) is 0 Å². The number of aromatic nitrogens is 4. The van der Waals surface area contributed by atoms with Crippen molar-refractivity contribution in [2.24, 2.45) is 7.05 Å². The van der Waals surface area contributed by atoms with Gasteiger partial charge in [-0.05, 0) is 18.2 Å². The summed E-state index contributed by atoms with van der Waals surface area (Å²) in [5.74, 6) is 0.109. The molecule has 0 aliphatic rings. The topological polar surface area (TPSA) is 77.7 Å². The number of hydrogen-bond donors (Lipinski definition) is 0. The Kier molecular flexibility index (Phi) is 4.19. The zero-order valence-corrected chi connectivity index (χ0v) is 16.3. The van der Waals surface area contributed by atoms with Crippen molar-refractivity contribution in [3.63, 3.8) is 0 Å². The third-order valence-corrected chi connectivity index (χ3v) is 7.40. The van der Waals surface area contributed by atoms with Gasteiger partial charge in [0.1, 0.15) is 10.3 Å². The fourth-order valence-electron chi connectivity index (χ4n) is 2.94. The summed E-state index contributed by atoms with van der Waals surface area (Å²) in [5, 5.41) is 0.473. The molecule has 0 aromatic carbocycles. The van der Waals surface area contributed by atoms with Crippen molar-refractivity contribution in [2.45, 2.75) is 18.0 Å². The molecule has 0 bridgehead atoms. The summed E-state index contributed by atoms with van der Waals surface area (Å²) in [7, 11) is -2.04. The lowest BCUT2D eigenvalue weighted by atomic mass is 10.2. The number of alkyl halides is 3. The Morgan fingerprint density at radius 1 is 1.25 bits per heavy atom. The van der Waals surface area contributed by atoms with E-state index in [4.69, 9.17) is 0 Å². The van der Waals surface area contributed by atoms with E-state index in [-0.39, 0.29) is 27.6 Å². The van der Waals surface area contributed by atoms with Gasteiger partial charge in [-0.15, -0.1) is 11.3 Å². The van der Waals surface area contributed by atoms with E-state index in [0.717, 1.165) is 23.6 Å². The molecule has 4 aromatic heterocycles. The first kappa shape index (κ1) is 18.8. The fraction of sp³-hybridized carbons (Fsp3) is 0.235. The van der Waals surface area contributed by atoms with Crippen LogP contribution >= 0.6 is 11.3 Å². The highest BCUT2D eigenvalue weighted by Crippen LogP contribution is 2.41. The molecule has 0 unspecified atom stereocenters. The first-order valence-corrected chi connectivity index (χ1v) is 10.6. The summed E-state index contributed by atoms with van der Waals surface area (Å²) in [5.41, 5.74) is -0.644. The Bertz CT molecular complexity index is 1320. The molecule has 0 saturated carbocycles. The van der Waals surface area contributed by atoms with Crippen LogP contribution in [0.1, 0.15) is 12.5 Å². The Hall–Kier alpha value is -2.53. The van der Waals surface area contributed by atoms with E-state index in [9.17, 15) is 21.6 Å². The van der Waals surface area contributed by atoms with Crippen molar-refractivity contribution in [3.8, 4) is 10.7 Å². The molecular weight excluding hydrogens is 413 g/mol. The van der Waals surface area contributed by atoms with E-state index in [1.165, 1.54) is 11.5 Å². The number of halogens is 3. The second kappa shape index (κ2) is 6.24. The van der Waals surface area contributed by atoms with Crippen LogP contribution in [0.3, 0.4) is 0 Å². The molecule has 0 N–H and O–H groups in total. The molecular formula is C17H13F3N4O2S2. The fourth-order valence-corrected chi connectivity index (χ4v) is 5.74. The van der Waals surface area contributed by atoms with Crippen LogP contribution < -0.4 is 0 Å². The molecule has 4 aromatic rings. The average molecular weight is 426 g/mol. The van der Waals surface area contributed by atoms with Gasteiger partial charge in [0.05, 0.1) is 21.1 Å². The number of aryl methyl sites for hydroxylation is 1. The minimum absolute atomic E-state index is 0.0394. The van der Waals surface area contributed by atoms with Crippen LogP contribution in [0.25, 0.3) is 32.1 Å². The molecule has 0 spiro atoms. The van der Waals surface area contributed by atoms with Crippen molar-refractivity contribution in [3.05, 3.63) is 36.2 Å². The Morgan fingerprint density at radius 2 is 2.00 bits per heavy atom. The van der Waals surface area contributed by atoms with Crippen LogP contribution in [0.5, 0.6) is 0 Å². The molecule has 0 atom stereocenters. The van der Waals surface area contributed by atoms with Crippen LogP contribution in [0.2, 0.25) is 0 Å². The monoisotopic (exact) mass is 426 g/mol. The maximum atomic E-state index is 13.0. The molecule has 4 heterocycles. The highest BCUT2D eigenvalue weighted by molar-refractivity contribution is 7.92. The molecule has 6 nitrogen and oxygen atoms in total. The summed E-state index contributed by atoms with van der Waals surface area (Å²) in [4.78, 5) is 13.3. The van der Waals surface area contributed by atoms with E-state index in [0.29, 0.717) is 15.1 Å². The predicted molar refractivity (Wildman–Crippen MR) is 99.9 cm³/mol. The van der Waals surface area contributed by atoms with Gasteiger partial charge in [-0.2, -0.15) is 13.2 Å². The predicted octanol–water partition coefficient (Wildman–Crippen LogP) is 4.06. The molecule has 0 fully saturated rings. The number of hydrogen-bond acceptors (Lipinski definition) is 6. The molecule has 0 amide bonds. The number of pyridine rings is 2. The molecule has 0 radical (unpaired) electrons. The third-order valence-electron chi connectivity index (χ3n) is 4.35. The number of fused-ring (bicyclic) bond motifs is 2. The van der Waals surface area contributed by atoms with E-state index in [2.05, 4.69) is 15.0 Å². The normalized spacial score (nSPS) is 12.9. The Balaban J connectivity index is 2.04. The third kappa shape index (κ3) is 2.85. The van der Waals surface area contributed by atoms with Crippen LogP contribution in [0.4, 0.5) is 13.2 Å². The van der Waals surface area contributed by atoms with Gasteiger partial charge in [-0.25, -0.2) is 23.4 Å². The molecule has 11 heteroatoms. The van der Waals surface area contributed by atoms with Crippen LogP contribution in [-0.2, 0) is 23.1 Å². The zero-order chi connectivity index (χ0) is 20.3. The van der Waals surface area contributed by atoms with Gasteiger partial charge in [0.25, 0.3) is 0 Å². The number of sulfone groups is 1. The molecule has 0 aliphatic carbocycles. The zero-order valence-electron chi connectivity index (χ0n) is 14.6. The SMILES string of the molecule is CCS(=O)(=O)c1c(-c2nc3cc(C(F)(F)F)cnc3n2C)sc2ncccc12. The smallest absolute Gasteiger partial charge is 0.311 e. The van der Waals surface area contributed by atoms with Crippen LogP contribution in [-0.4, -0.2) is 33.7 Å². The van der Waals surface area contributed by atoms with E-state index < -0.39 is 21.6 Å². The quantitative estimate of drug-likeness (QED) is 0.494. The van der Waals surface area contributed by atoms with E-state index in [1.54, 1.807) is 25.4 Å². The first-order valence-electron chi connectivity index (χ1n) is 8.14. The first-order chi connectivity index (χ1) is 13.1. The Morgan fingerprint density at radius 3 is 2.68 bits per heavy atom. The standard InChI is InChI=1S/C17H13F3N4O2S2/c1-3-28(25,26)13-10-5-4-6-21-16(10)27-12(13)15-23-11-7-9(17(18,19)20)8-22-14(11)24(15)2/h4-8H,3H2,1-2H3. The number of imidazole rings is 1. The van der Waals surface area contributed by atoms with Gasteiger partial charge in [-0.1, -0.05) is 6.92 Å². The second-order valence-corrected chi connectivity index (χ2v) is 9.29. The molecule has 0 saturated heterocycles. The highest BCUT2D eigenvalue weighted by Gasteiger charge is 2.32. The van der Waals surface area contributed by atoms with Crippen molar-refractivity contribution >= 4 is 42.6 Å². The average Bonchev–Trinajstić information content (AvgIpc) is 3.19. The minimum Gasteiger partial charge on any atom is -0.311 e. The van der Waals surface area contributed by atoms with E-state index in [1.807, 2.05) is 0 Å². The van der Waals surface area contributed by atoms with Gasteiger partial charge in [0, 0.05) is 24.8 Å². The number of thiophene rings is 1. The maximum absolute atomic E-state index is 13.0. The van der Waals surface area contributed by atoms with Crippen molar-refractivity contribution in [1.29, 1.82) is 0 Å².